The number of aliphatic hydroxyl groups excluding tert-OH is 1. The number of carbonyl (C=O) groups is 3. The van der Waals surface area contributed by atoms with Crippen molar-refractivity contribution in [3.63, 3.8) is 0 Å². The SMILES string of the molecule is CC(=O)OCC(=O)c1ccc2ccccc2c1.Nc1ncc(-c2ccc3ccccc3c2)o1.O=C(CO)c1ccc2ccccc2c1. The summed E-state index contributed by atoms with van der Waals surface area (Å²) in [5.74, 6) is -0.177. The van der Waals surface area contributed by atoms with Crippen molar-refractivity contribution in [2.24, 2.45) is 0 Å². The van der Waals surface area contributed by atoms with Crippen LogP contribution >= 0.6 is 0 Å². The van der Waals surface area contributed by atoms with Crippen molar-refractivity contribution in [3.05, 3.63) is 145 Å². The molecular weight excluding hydrogens is 592 g/mol. The van der Waals surface area contributed by atoms with Crippen LogP contribution in [0.4, 0.5) is 6.01 Å². The molecule has 0 aliphatic heterocycles. The van der Waals surface area contributed by atoms with Crippen LogP contribution in [-0.2, 0) is 9.53 Å². The molecule has 0 bridgehead atoms. The summed E-state index contributed by atoms with van der Waals surface area (Å²) in [6.07, 6.45) is 1.64. The minimum Gasteiger partial charge on any atom is -0.457 e. The number of fused-ring (bicyclic) bond motifs is 3. The smallest absolute Gasteiger partial charge is 0.303 e. The average Bonchev–Trinajstić information content (AvgIpc) is 3.56. The van der Waals surface area contributed by atoms with E-state index in [1.54, 1.807) is 30.5 Å². The number of esters is 1. The van der Waals surface area contributed by atoms with Gasteiger partial charge in [0.15, 0.2) is 23.9 Å². The molecule has 6 aromatic carbocycles. The molecule has 0 amide bonds. The number of ketones is 2. The van der Waals surface area contributed by atoms with Gasteiger partial charge in [0.25, 0.3) is 6.01 Å². The van der Waals surface area contributed by atoms with Gasteiger partial charge in [-0.25, -0.2) is 4.98 Å². The van der Waals surface area contributed by atoms with Crippen molar-refractivity contribution in [1.29, 1.82) is 0 Å². The number of aliphatic hydroxyl groups is 1. The van der Waals surface area contributed by atoms with E-state index in [0.29, 0.717) is 16.9 Å². The summed E-state index contributed by atoms with van der Waals surface area (Å²) in [4.78, 5) is 37.4. The monoisotopic (exact) mass is 624 g/mol. The van der Waals surface area contributed by atoms with Crippen LogP contribution in [0.15, 0.2) is 138 Å². The predicted molar refractivity (Wildman–Crippen MR) is 184 cm³/mol. The van der Waals surface area contributed by atoms with Gasteiger partial charge < -0.3 is 20.0 Å². The molecule has 234 valence electrons. The Morgan fingerprint density at radius 2 is 1.13 bits per heavy atom. The third kappa shape index (κ3) is 8.54. The maximum Gasteiger partial charge on any atom is 0.303 e. The summed E-state index contributed by atoms with van der Waals surface area (Å²) in [5, 5.41) is 15.3. The number of Topliss-reactive ketones (excluding diaryl/α,β-unsaturated/α-hetero) is 2. The van der Waals surface area contributed by atoms with Crippen LogP contribution in [0.25, 0.3) is 43.6 Å². The molecule has 0 fully saturated rings. The zero-order chi connectivity index (χ0) is 33.2. The molecule has 3 N–H and O–H groups in total. The van der Waals surface area contributed by atoms with E-state index in [-0.39, 0.29) is 24.2 Å². The van der Waals surface area contributed by atoms with E-state index in [0.717, 1.165) is 27.1 Å². The lowest BCUT2D eigenvalue weighted by Gasteiger charge is -2.03. The van der Waals surface area contributed by atoms with Gasteiger partial charge in [-0.15, -0.1) is 0 Å². The lowest BCUT2D eigenvalue weighted by atomic mass is 10.0. The molecule has 0 saturated heterocycles. The Hall–Kier alpha value is -6.12. The first-order chi connectivity index (χ1) is 22.8. The number of nitrogens with zero attached hydrogens (tertiary/aromatic N) is 1. The van der Waals surface area contributed by atoms with Crippen molar-refractivity contribution in [3.8, 4) is 11.3 Å². The third-order valence-corrected chi connectivity index (χ3v) is 7.25. The molecular formula is C39H32N2O6. The molecule has 1 aromatic heterocycles. The van der Waals surface area contributed by atoms with Gasteiger partial charge in [-0.3, -0.25) is 14.4 Å². The number of anilines is 1. The Kier molecular flexibility index (Phi) is 10.5. The van der Waals surface area contributed by atoms with E-state index < -0.39 is 12.6 Å². The number of nitrogens with two attached hydrogens (primary N) is 1. The van der Waals surface area contributed by atoms with Gasteiger partial charge in [0.1, 0.15) is 6.61 Å². The number of hydrogen-bond acceptors (Lipinski definition) is 8. The molecule has 7 aromatic rings. The first-order valence-electron chi connectivity index (χ1n) is 14.8. The van der Waals surface area contributed by atoms with Crippen LogP contribution in [0.5, 0.6) is 0 Å². The maximum atomic E-state index is 11.7. The summed E-state index contributed by atoms with van der Waals surface area (Å²) in [5.41, 5.74) is 7.56. The number of hydrogen-bond donors (Lipinski definition) is 2. The lowest BCUT2D eigenvalue weighted by Crippen LogP contribution is -2.11. The van der Waals surface area contributed by atoms with Crippen LogP contribution in [0.2, 0.25) is 0 Å². The van der Waals surface area contributed by atoms with Crippen molar-refractivity contribution in [1.82, 2.24) is 4.98 Å². The number of oxazole rings is 1. The van der Waals surface area contributed by atoms with E-state index in [9.17, 15) is 14.4 Å². The van der Waals surface area contributed by atoms with E-state index in [2.05, 4.69) is 34.0 Å². The van der Waals surface area contributed by atoms with Gasteiger partial charge in [0.2, 0.25) is 0 Å². The zero-order valence-corrected chi connectivity index (χ0v) is 25.6. The molecule has 0 saturated carbocycles. The third-order valence-electron chi connectivity index (χ3n) is 7.25. The largest absolute Gasteiger partial charge is 0.457 e. The van der Waals surface area contributed by atoms with Crippen LogP contribution in [-0.4, -0.2) is 40.8 Å². The van der Waals surface area contributed by atoms with E-state index in [4.69, 9.17) is 15.3 Å². The molecule has 8 nitrogen and oxygen atoms in total. The van der Waals surface area contributed by atoms with Crippen LogP contribution in [0.3, 0.4) is 0 Å². The highest BCUT2D eigenvalue weighted by molar-refractivity contribution is 6.01. The minimum atomic E-state index is -0.445. The topological polar surface area (TPSA) is 133 Å². The standard InChI is InChI=1S/C14H12O3.C13H10N2O.C12H10O2/c1-10(15)17-9-14(16)13-7-6-11-4-2-3-5-12(11)8-13;14-13-15-8-12(16-13)11-6-5-9-3-1-2-4-10(9)7-11;13-8-12(14)11-6-5-9-3-1-2-4-10(9)7-11/h2-8H,9H2,1H3;1-8H,(H2,14,15);1-7,13H,8H2. The summed E-state index contributed by atoms with van der Waals surface area (Å²) in [7, 11) is 0. The van der Waals surface area contributed by atoms with Crippen molar-refractivity contribution >= 4 is 55.9 Å². The molecule has 47 heavy (non-hydrogen) atoms. The van der Waals surface area contributed by atoms with Crippen LogP contribution < -0.4 is 5.73 Å². The minimum absolute atomic E-state index is 0.189. The first-order valence-corrected chi connectivity index (χ1v) is 14.8. The molecule has 0 radical (unpaired) electrons. The van der Waals surface area contributed by atoms with Crippen molar-refractivity contribution < 1.29 is 28.6 Å². The lowest BCUT2D eigenvalue weighted by molar-refractivity contribution is -0.139. The second-order valence-electron chi connectivity index (χ2n) is 10.5. The van der Waals surface area contributed by atoms with Gasteiger partial charge in [-0.05, 0) is 50.5 Å². The van der Waals surface area contributed by atoms with Gasteiger partial charge in [-0.2, -0.15) is 0 Å². The predicted octanol–water partition coefficient (Wildman–Crippen LogP) is 7.68. The Morgan fingerprint density at radius 3 is 1.60 bits per heavy atom. The second kappa shape index (κ2) is 15.2. The van der Waals surface area contributed by atoms with Crippen LogP contribution in [0, 0.1) is 0 Å². The molecule has 7 rings (SSSR count). The summed E-state index contributed by atoms with van der Waals surface area (Å²) in [6, 6.07) is 41.0. The molecule has 0 aliphatic carbocycles. The maximum absolute atomic E-state index is 11.7. The second-order valence-corrected chi connectivity index (χ2v) is 10.5. The van der Waals surface area contributed by atoms with E-state index >= 15 is 0 Å². The number of aromatic nitrogens is 1. The fraction of sp³-hybridized carbons (Fsp3) is 0.0769. The molecule has 0 aliphatic rings. The Bertz CT molecular complexity index is 2190. The fourth-order valence-corrected chi connectivity index (χ4v) is 4.83. The van der Waals surface area contributed by atoms with Crippen molar-refractivity contribution in [2.45, 2.75) is 6.92 Å². The molecule has 1 heterocycles. The number of rotatable bonds is 6. The Labute approximate surface area is 271 Å². The van der Waals surface area contributed by atoms with Gasteiger partial charge >= 0.3 is 5.97 Å². The zero-order valence-electron chi connectivity index (χ0n) is 25.6. The highest BCUT2D eigenvalue weighted by Gasteiger charge is 2.08. The van der Waals surface area contributed by atoms with E-state index in [1.807, 2.05) is 78.9 Å². The molecule has 0 unspecified atom stereocenters. The first kappa shape index (κ1) is 32.3. The summed E-state index contributed by atoms with van der Waals surface area (Å²) >= 11 is 0. The highest BCUT2D eigenvalue weighted by Crippen LogP contribution is 2.25. The highest BCUT2D eigenvalue weighted by atomic mass is 16.5. The molecule has 0 atom stereocenters. The van der Waals surface area contributed by atoms with Crippen LogP contribution in [0.1, 0.15) is 27.6 Å². The quantitative estimate of drug-likeness (QED) is 0.142. The Balaban J connectivity index is 0.000000139. The molecule has 8 heteroatoms. The Morgan fingerprint density at radius 1 is 0.660 bits per heavy atom. The summed E-state index contributed by atoms with van der Waals surface area (Å²) in [6.45, 7) is 0.652. The van der Waals surface area contributed by atoms with Gasteiger partial charge in [0, 0.05) is 23.6 Å². The fourth-order valence-electron chi connectivity index (χ4n) is 4.83. The number of carbonyl (C=O) groups excluding carboxylic acids is 3. The molecule has 0 spiro atoms. The van der Waals surface area contributed by atoms with Crippen molar-refractivity contribution in [2.75, 3.05) is 18.9 Å². The average molecular weight is 625 g/mol. The summed E-state index contributed by atoms with van der Waals surface area (Å²) < 4.78 is 9.97. The number of nitrogen functional groups attached to an aromatic ring is 1. The van der Waals surface area contributed by atoms with E-state index in [1.165, 1.54) is 17.7 Å². The number of benzene rings is 6. The number of ether oxygens (including phenoxy) is 1. The van der Waals surface area contributed by atoms with Gasteiger partial charge in [0.05, 0.1) is 6.20 Å². The normalized spacial score (nSPS) is 10.4. The van der Waals surface area contributed by atoms with Gasteiger partial charge in [-0.1, -0.05) is 109 Å².